The van der Waals surface area contributed by atoms with Crippen molar-refractivity contribution in [2.45, 2.75) is 83.1 Å². The van der Waals surface area contributed by atoms with Crippen LogP contribution in [-0.2, 0) is 38.5 Å². The molecule has 9 heteroatoms. The van der Waals surface area contributed by atoms with Crippen molar-refractivity contribution in [3.05, 3.63) is 118 Å². The summed E-state index contributed by atoms with van der Waals surface area (Å²) in [5, 5.41) is 15.6. The van der Waals surface area contributed by atoms with Crippen LogP contribution in [0.2, 0.25) is 18.1 Å². The maximum atomic E-state index is 11.5. The van der Waals surface area contributed by atoms with E-state index in [1.165, 1.54) is 0 Å². The first-order valence-corrected chi connectivity index (χ1v) is 17.3. The smallest absolute Gasteiger partial charge is 0.191 e. The van der Waals surface area contributed by atoms with Crippen molar-refractivity contribution in [2.75, 3.05) is 13.2 Å². The molecule has 0 radical (unpaired) electrons. The third-order valence-corrected chi connectivity index (χ3v) is 12.2. The van der Waals surface area contributed by atoms with E-state index in [0.717, 1.165) is 16.7 Å². The van der Waals surface area contributed by atoms with Crippen LogP contribution in [0.5, 0.6) is 0 Å². The maximum Gasteiger partial charge on any atom is 0.191 e. The van der Waals surface area contributed by atoms with Crippen molar-refractivity contribution in [3.8, 4) is 0 Å². The zero-order valence-electron chi connectivity index (χ0n) is 25.4. The molecule has 8 nitrogen and oxygen atoms in total. The number of benzene rings is 3. The molecule has 0 aliphatic carbocycles. The second kappa shape index (κ2) is 16.6. The monoisotopic (exact) mass is 591 g/mol. The molecule has 42 heavy (non-hydrogen) atoms. The van der Waals surface area contributed by atoms with E-state index in [1.807, 2.05) is 91.0 Å². The number of aliphatic hydroxyl groups excluding tert-OH is 1. The lowest BCUT2D eigenvalue weighted by atomic mass is 10.0. The minimum absolute atomic E-state index is 0.00558. The molecular formula is C33H45N3O5Si. The Labute approximate surface area is 251 Å². The van der Waals surface area contributed by atoms with Gasteiger partial charge in [0.15, 0.2) is 8.32 Å². The van der Waals surface area contributed by atoms with Crippen LogP contribution in [0.25, 0.3) is 10.4 Å². The average molecular weight is 592 g/mol. The first kappa shape index (κ1) is 33.5. The largest absolute Gasteiger partial charge is 0.416 e. The van der Waals surface area contributed by atoms with Crippen LogP contribution in [0, 0.1) is 0 Å². The van der Waals surface area contributed by atoms with Gasteiger partial charge >= 0.3 is 0 Å². The summed E-state index contributed by atoms with van der Waals surface area (Å²) in [4.78, 5) is 3.15. The first-order chi connectivity index (χ1) is 20.1. The molecule has 1 N–H and O–H groups in total. The topological polar surface area (TPSA) is 106 Å². The lowest BCUT2D eigenvalue weighted by Crippen LogP contribution is -2.51. The molecule has 3 aromatic rings. The lowest BCUT2D eigenvalue weighted by Gasteiger charge is -2.39. The summed E-state index contributed by atoms with van der Waals surface area (Å²) in [5.41, 5.74) is 12.5. The average Bonchev–Trinajstić information content (AvgIpc) is 2.98. The minimum atomic E-state index is -2.19. The van der Waals surface area contributed by atoms with Gasteiger partial charge < -0.3 is 23.7 Å². The van der Waals surface area contributed by atoms with Crippen molar-refractivity contribution < 1.29 is 23.7 Å². The van der Waals surface area contributed by atoms with Crippen LogP contribution < -0.4 is 0 Å². The number of hydrogen-bond acceptors (Lipinski definition) is 6. The van der Waals surface area contributed by atoms with Crippen LogP contribution in [0.1, 0.15) is 37.5 Å². The van der Waals surface area contributed by atoms with Gasteiger partial charge in [-0.2, -0.15) is 0 Å². The van der Waals surface area contributed by atoms with Gasteiger partial charge in [0.25, 0.3) is 0 Å². The van der Waals surface area contributed by atoms with Crippen LogP contribution in [0.3, 0.4) is 0 Å². The molecule has 0 saturated heterocycles. The molecule has 0 spiro atoms. The van der Waals surface area contributed by atoms with Gasteiger partial charge in [0.1, 0.15) is 12.2 Å². The molecule has 226 valence electrons. The van der Waals surface area contributed by atoms with Crippen molar-refractivity contribution in [3.63, 3.8) is 0 Å². The van der Waals surface area contributed by atoms with Gasteiger partial charge in [0.05, 0.1) is 38.6 Å². The predicted molar refractivity (Wildman–Crippen MR) is 168 cm³/mol. The highest BCUT2D eigenvalue weighted by Gasteiger charge is 2.41. The zero-order chi connectivity index (χ0) is 30.4. The van der Waals surface area contributed by atoms with E-state index in [4.69, 9.17) is 18.6 Å². The standard InChI is InChI=1S/C33H45N3O5Si/c1-33(2,3)42(4,5)41-24-29(35-36-34)31(39-22-27-17-11-7-12-18-27)32(40-23-28-19-13-8-14-20-28)30(37)25-38-21-26-15-9-6-10-16-26/h6-20,29-32,37H,21-25H2,1-5H3/t29-,30-,31-,32-/m1/s1. The Morgan fingerprint density at radius 1 is 0.738 bits per heavy atom. The molecule has 0 aliphatic heterocycles. The summed E-state index contributed by atoms with van der Waals surface area (Å²) in [6.07, 6.45) is -2.75. The number of rotatable bonds is 17. The molecule has 0 saturated carbocycles. The summed E-state index contributed by atoms with van der Waals surface area (Å²) >= 11 is 0. The van der Waals surface area contributed by atoms with Gasteiger partial charge in [0.2, 0.25) is 0 Å². The van der Waals surface area contributed by atoms with Crippen molar-refractivity contribution in [1.82, 2.24) is 0 Å². The van der Waals surface area contributed by atoms with E-state index < -0.39 is 32.7 Å². The molecule has 0 aliphatic rings. The molecule has 3 aromatic carbocycles. The number of azide groups is 1. The fourth-order valence-corrected chi connectivity index (χ4v) is 5.14. The van der Waals surface area contributed by atoms with Crippen molar-refractivity contribution in [2.24, 2.45) is 5.11 Å². The van der Waals surface area contributed by atoms with E-state index in [9.17, 15) is 10.6 Å². The Hall–Kier alpha value is -3.01. The van der Waals surface area contributed by atoms with E-state index in [-0.39, 0.29) is 31.5 Å². The summed E-state index contributed by atoms with van der Waals surface area (Å²) < 4.78 is 25.3. The van der Waals surface area contributed by atoms with Gasteiger partial charge in [-0.3, -0.25) is 0 Å². The van der Waals surface area contributed by atoms with Crippen LogP contribution in [0.4, 0.5) is 0 Å². The van der Waals surface area contributed by atoms with Gasteiger partial charge in [0, 0.05) is 11.5 Å². The number of aliphatic hydroxyl groups is 1. The van der Waals surface area contributed by atoms with Crippen LogP contribution in [0.15, 0.2) is 96.1 Å². The Bertz CT molecular complexity index is 1220. The zero-order valence-corrected chi connectivity index (χ0v) is 26.4. The van der Waals surface area contributed by atoms with Crippen LogP contribution >= 0.6 is 0 Å². The Kier molecular flexibility index (Phi) is 13.2. The molecule has 0 amide bonds. The van der Waals surface area contributed by atoms with Crippen molar-refractivity contribution in [1.29, 1.82) is 0 Å². The lowest BCUT2D eigenvalue weighted by molar-refractivity contribution is -0.155. The third kappa shape index (κ3) is 10.7. The molecule has 0 unspecified atom stereocenters. The normalized spacial score (nSPS) is 14.9. The fraction of sp³-hybridized carbons (Fsp3) is 0.455. The number of hydrogen-bond donors (Lipinski definition) is 1. The number of ether oxygens (including phenoxy) is 3. The van der Waals surface area contributed by atoms with Gasteiger partial charge in [-0.25, -0.2) is 0 Å². The van der Waals surface area contributed by atoms with Crippen molar-refractivity contribution >= 4 is 8.32 Å². The number of nitrogens with zero attached hydrogens (tertiary/aromatic N) is 3. The quantitative estimate of drug-likeness (QED) is 0.0760. The van der Waals surface area contributed by atoms with Crippen LogP contribution in [-0.4, -0.2) is 51.0 Å². The SMILES string of the molecule is CC(C)(C)[Si](C)(C)OC[C@@H](N=[N+]=[N-])[C@@H](OCc1ccccc1)[C@H](OCc1ccccc1)[C@H](O)COCc1ccccc1. The molecule has 0 fully saturated rings. The highest BCUT2D eigenvalue weighted by molar-refractivity contribution is 6.74. The minimum Gasteiger partial charge on any atom is -0.416 e. The molecule has 0 bridgehead atoms. The van der Waals surface area contributed by atoms with Gasteiger partial charge in [-0.05, 0) is 40.4 Å². The molecular weight excluding hydrogens is 546 g/mol. The summed E-state index contributed by atoms with van der Waals surface area (Å²) in [5.74, 6) is 0. The summed E-state index contributed by atoms with van der Waals surface area (Å²) in [6.45, 7) is 11.7. The van der Waals surface area contributed by atoms with E-state index in [1.54, 1.807) is 0 Å². The fourth-order valence-electron chi connectivity index (χ4n) is 4.12. The highest BCUT2D eigenvalue weighted by atomic mass is 28.4. The van der Waals surface area contributed by atoms with E-state index in [2.05, 4.69) is 43.9 Å². The molecule has 0 heterocycles. The van der Waals surface area contributed by atoms with E-state index >= 15 is 0 Å². The summed E-state index contributed by atoms with van der Waals surface area (Å²) in [6, 6.07) is 28.5. The van der Waals surface area contributed by atoms with Gasteiger partial charge in [-0.15, -0.1) is 0 Å². The first-order valence-electron chi connectivity index (χ1n) is 14.4. The second-order valence-corrected chi connectivity index (χ2v) is 16.7. The third-order valence-electron chi connectivity index (χ3n) is 7.67. The molecule has 3 rings (SSSR count). The van der Waals surface area contributed by atoms with Gasteiger partial charge in [-0.1, -0.05) is 117 Å². The molecule has 4 atom stereocenters. The Morgan fingerprint density at radius 3 is 1.64 bits per heavy atom. The highest BCUT2D eigenvalue weighted by Crippen LogP contribution is 2.37. The predicted octanol–water partition coefficient (Wildman–Crippen LogP) is 7.44. The second-order valence-electron chi connectivity index (χ2n) is 11.9. The van der Waals surface area contributed by atoms with E-state index in [0.29, 0.717) is 6.61 Å². The Morgan fingerprint density at radius 2 is 1.19 bits per heavy atom. The maximum absolute atomic E-state index is 11.5. The molecule has 0 aromatic heterocycles. The summed E-state index contributed by atoms with van der Waals surface area (Å²) in [7, 11) is -2.19. The Balaban J connectivity index is 1.89.